The summed E-state index contributed by atoms with van der Waals surface area (Å²) in [5.74, 6) is 0.513. The Bertz CT molecular complexity index is 384. The zero-order valence-corrected chi connectivity index (χ0v) is 22.4. The second-order valence-corrected chi connectivity index (χ2v) is 10.2. The van der Waals surface area contributed by atoms with Crippen molar-refractivity contribution in [2.75, 3.05) is 0 Å². The molecule has 0 atom stereocenters. The summed E-state index contributed by atoms with van der Waals surface area (Å²) < 4.78 is 0. The van der Waals surface area contributed by atoms with E-state index in [4.69, 9.17) is 0 Å². The number of rotatable bonds is 27. The molecule has 1 nitrogen and oxygen atoms in total. The number of hydrogen-bond acceptors (Lipinski definition) is 1. The number of unbranched alkanes of at least 4 members (excludes halogenated alkanes) is 21. The first-order valence-electron chi connectivity index (χ1n) is 15.0. The second-order valence-electron chi connectivity index (χ2n) is 10.2. The van der Waals surface area contributed by atoms with Gasteiger partial charge in [-0.1, -0.05) is 142 Å². The molecule has 0 saturated heterocycles. The first-order chi connectivity index (χ1) is 15.8. The van der Waals surface area contributed by atoms with Crippen molar-refractivity contribution in [3.63, 3.8) is 0 Å². The minimum atomic E-state index is 0.513. The monoisotopic (exact) mass is 448 g/mol. The van der Waals surface area contributed by atoms with E-state index < -0.39 is 0 Å². The van der Waals surface area contributed by atoms with Gasteiger partial charge in [0.05, 0.1) is 0 Å². The summed E-state index contributed by atoms with van der Waals surface area (Å²) in [4.78, 5) is 12.0. The predicted molar refractivity (Wildman–Crippen MR) is 146 cm³/mol. The van der Waals surface area contributed by atoms with Crippen LogP contribution in [0, 0.1) is 0 Å². The summed E-state index contributed by atoms with van der Waals surface area (Å²) in [6, 6.07) is 0. The van der Waals surface area contributed by atoms with Gasteiger partial charge in [-0.15, -0.1) is 0 Å². The molecule has 0 aliphatic carbocycles. The zero-order chi connectivity index (χ0) is 23.4. The Labute approximate surface area is 203 Å². The molecular formula is C31H60O. The van der Waals surface area contributed by atoms with Crippen LogP contribution in [0.5, 0.6) is 0 Å². The van der Waals surface area contributed by atoms with Crippen LogP contribution < -0.4 is 0 Å². The molecule has 0 radical (unpaired) electrons. The van der Waals surface area contributed by atoms with Gasteiger partial charge in [-0.3, -0.25) is 4.79 Å². The smallest absolute Gasteiger partial charge is 0.132 e. The fourth-order valence-corrected chi connectivity index (χ4v) is 4.50. The highest BCUT2D eigenvalue weighted by molar-refractivity contribution is 5.78. The van der Waals surface area contributed by atoms with Gasteiger partial charge >= 0.3 is 0 Å². The molecule has 190 valence electrons. The Kier molecular flexibility index (Phi) is 27.9. The third kappa shape index (κ3) is 27.4. The van der Waals surface area contributed by atoms with Crippen molar-refractivity contribution in [2.24, 2.45) is 0 Å². The summed E-state index contributed by atoms with van der Waals surface area (Å²) in [5, 5.41) is 0. The average molecular weight is 449 g/mol. The zero-order valence-electron chi connectivity index (χ0n) is 22.4. The third-order valence-electron chi connectivity index (χ3n) is 6.78. The number of Topliss-reactive ketones (excluding diaryl/α,β-unsaturated/α-hetero) is 1. The molecule has 0 rings (SSSR count). The SMILES string of the molecule is CCCCCC/C=C/CCCCCCCC(=O)CCCCCCCCCCCCCCC. The highest BCUT2D eigenvalue weighted by Crippen LogP contribution is 2.14. The van der Waals surface area contributed by atoms with E-state index in [-0.39, 0.29) is 0 Å². The number of carbonyl (C=O) groups excluding carboxylic acids is 1. The van der Waals surface area contributed by atoms with Gasteiger partial charge in [-0.25, -0.2) is 0 Å². The Morgan fingerprint density at radius 3 is 1.06 bits per heavy atom. The van der Waals surface area contributed by atoms with E-state index in [1.165, 1.54) is 141 Å². The van der Waals surface area contributed by atoms with Crippen LogP contribution >= 0.6 is 0 Å². The number of hydrogen-bond donors (Lipinski definition) is 0. The van der Waals surface area contributed by atoms with E-state index in [9.17, 15) is 4.79 Å². The van der Waals surface area contributed by atoms with E-state index in [1.807, 2.05) is 0 Å². The van der Waals surface area contributed by atoms with Crippen LogP contribution in [0.1, 0.15) is 181 Å². The Morgan fingerprint density at radius 2 is 0.688 bits per heavy atom. The fraction of sp³-hybridized carbons (Fsp3) is 0.903. The minimum absolute atomic E-state index is 0.513. The minimum Gasteiger partial charge on any atom is -0.300 e. The van der Waals surface area contributed by atoms with Crippen LogP contribution in [0.25, 0.3) is 0 Å². The summed E-state index contributed by atoms with van der Waals surface area (Å²) in [7, 11) is 0. The average Bonchev–Trinajstić information content (AvgIpc) is 2.80. The molecule has 0 fully saturated rings. The first-order valence-corrected chi connectivity index (χ1v) is 15.0. The standard InChI is InChI=1S/C31H60O/c1-3-5-7-9-11-13-15-17-19-21-23-25-27-29-31(32)30-28-26-24-22-20-18-16-14-12-10-8-6-4-2/h13,15H,3-12,14,16-30H2,1-2H3/b15-13+. The van der Waals surface area contributed by atoms with Crippen molar-refractivity contribution >= 4 is 5.78 Å². The maximum atomic E-state index is 12.0. The van der Waals surface area contributed by atoms with Crippen LogP contribution in [0.15, 0.2) is 12.2 Å². The van der Waals surface area contributed by atoms with Crippen LogP contribution in [0.4, 0.5) is 0 Å². The molecule has 0 unspecified atom stereocenters. The van der Waals surface area contributed by atoms with Crippen molar-refractivity contribution in [2.45, 2.75) is 181 Å². The van der Waals surface area contributed by atoms with Crippen molar-refractivity contribution in [3.8, 4) is 0 Å². The molecule has 0 bridgehead atoms. The lowest BCUT2D eigenvalue weighted by molar-refractivity contribution is -0.119. The Hall–Kier alpha value is -0.590. The van der Waals surface area contributed by atoms with Gasteiger partial charge in [0, 0.05) is 12.8 Å². The van der Waals surface area contributed by atoms with Gasteiger partial charge in [-0.2, -0.15) is 0 Å². The molecule has 0 aromatic rings. The Morgan fingerprint density at radius 1 is 0.406 bits per heavy atom. The van der Waals surface area contributed by atoms with Crippen molar-refractivity contribution < 1.29 is 4.79 Å². The molecule has 32 heavy (non-hydrogen) atoms. The number of carbonyl (C=O) groups is 1. The number of ketones is 1. The van der Waals surface area contributed by atoms with Crippen LogP contribution in [0.3, 0.4) is 0 Å². The van der Waals surface area contributed by atoms with Crippen molar-refractivity contribution in [1.29, 1.82) is 0 Å². The quantitative estimate of drug-likeness (QED) is 0.0901. The highest BCUT2D eigenvalue weighted by atomic mass is 16.1. The molecule has 0 heterocycles. The normalized spacial score (nSPS) is 11.6. The highest BCUT2D eigenvalue weighted by Gasteiger charge is 2.02. The summed E-state index contributed by atoms with van der Waals surface area (Å²) >= 11 is 0. The Balaban J connectivity index is 3.19. The molecule has 0 aromatic carbocycles. The predicted octanol–water partition coefficient (Wildman–Crippen LogP) is 11.3. The van der Waals surface area contributed by atoms with E-state index in [2.05, 4.69) is 26.0 Å². The van der Waals surface area contributed by atoms with E-state index >= 15 is 0 Å². The summed E-state index contributed by atoms with van der Waals surface area (Å²) in [5.41, 5.74) is 0. The van der Waals surface area contributed by atoms with Crippen LogP contribution in [0.2, 0.25) is 0 Å². The van der Waals surface area contributed by atoms with E-state index in [0.717, 1.165) is 25.7 Å². The van der Waals surface area contributed by atoms with Gasteiger partial charge in [0.15, 0.2) is 0 Å². The van der Waals surface area contributed by atoms with Gasteiger partial charge in [0.1, 0.15) is 5.78 Å². The molecule has 0 aliphatic rings. The second kappa shape index (κ2) is 28.4. The maximum absolute atomic E-state index is 12.0. The third-order valence-corrected chi connectivity index (χ3v) is 6.78. The maximum Gasteiger partial charge on any atom is 0.132 e. The molecule has 0 amide bonds. The molecule has 0 aromatic heterocycles. The van der Waals surface area contributed by atoms with Crippen molar-refractivity contribution in [1.82, 2.24) is 0 Å². The lowest BCUT2D eigenvalue weighted by Crippen LogP contribution is -1.97. The topological polar surface area (TPSA) is 17.1 Å². The largest absolute Gasteiger partial charge is 0.300 e. The molecule has 0 saturated carbocycles. The van der Waals surface area contributed by atoms with Crippen LogP contribution in [-0.2, 0) is 4.79 Å². The fourth-order valence-electron chi connectivity index (χ4n) is 4.50. The summed E-state index contributed by atoms with van der Waals surface area (Å²) in [6.07, 6.45) is 38.6. The van der Waals surface area contributed by atoms with Gasteiger partial charge in [0.2, 0.25) is 0 Å². The molecule has 0 aliphatic heterocycles. The summed E-state index contributed by atoms with van der Waals surface area (Å²) in [6.45, 7) is 4.56. The van der Waals surface area contributed by atoms with Gasteiger partial charge in [-0.05, 0) is 38.5 Å². The lowest BCUT2D eigenvalue weighted by atomic mass is 10.0. The van der Waals surface area contributed by atoms with E-state index in [1.54, 1.807) is 0 Å². The van der Waals surface area contributed by atoms with Crippen LogP contribution in [-0.4, -0.2) is 5.78 Å². The molecule has 1 heteroatoms. The lowest BCUT2D eigenvalue weighted by Gasteiger charge is -2.04. The van der Waals surface area contributed by atoms with E-state index in [0.29, 0.717) is 5.78 Å². The van der Waals surface area contributed by atoms with Gasteiger partial charge in [0.25, 0.3) is 0 Å². The molecule has 0 N–H and O–H groups in total. The number of allylic oxidation sites excluding steroid dienone is 2. The first kappa shape index (κ1) is 31.4. The van der Waals surface area contributed by atoms with Crippen molar-refractivity contribution in [3.05, 3.63) is 12.2 Å². The molecule has 0 spiro atoms. The molecular weight excluding hydrogens is 388 g/mol. The van der Waals surface area contributed by atoms with Gasteiger partial charge < -0.3 is 0 Å².